The summed E-state index contributed by atoms with van der Waals surface area (Å²) in [5.74, 6) is 1.26. The minimum absolute atomic E-state index is 0.274. The van der Waals surface area contributed by atoms with Crippen LogP contribution in [0.25, 0.3) is 5.69 Å². The van der Waals surface area contributed by atoms with Gasteiger partial charge in [0.15, 0.2) is 5.89 Å². The van der Waals surface area contributed by atoms with Crippen LogP contribution in [0.5, 0.6) is 0 Å². The molecular weight excluding hydrogens is 285 g/mol. The molecule has 2 aromatic heterocycles. The van der Waals surface area contributed by atoms with Crippen LogP contribution in [0.2, 0.25) is 0 Å². The fourth-order valence-corrected chi connectivity index (χ4v) is 2.01. The van der Waals surface area contributed by atoms with Crippen LogP contribution in [0.15, 0.2) is 41.1 Å². The van der Waals surface area contributed by atoms with Crippen molar-refractivity contribution in [3.63, 3.8) is 0 Å². The summed E-state index contributed by atoms with van der Waals surface area (Å²) >= 11 is 0. The highest BCUT2D eigenvalue weighted by atomic mass is 19.1. The van der Waals surface area contributed by atoms with Gasteiger partial charge in [0.05, 0.1) is 30.3 Å². The summed E-state index contributed by atoms with van der Waals surface area (Å²) in [5, 5.41) is 11.3. The summed E-state index contributed by atoms with van der Waals surface area (Å²) in [4.78, 5) is 4.14. The van der Waals surface area contributed by atoms with Crippen molar-refractivity contribution < 1.29 is 8.81 Å². The molecule has 0 bridgehead atoms. The van der Waals surface area contributed by atoms with E-state index in [0.717, 1.165) is 29.5 Å². The number of aryl methyl sites for hydroxylation is 1. The van der Waals surface area contributed by atoms with Gasteiger partial charge in [-0.1, -0.05) is 12.1 Å². The molecule has 2 heterocycles. The Kier molecular flexibility index (Phi) is 4.24. The third-order valence-electron chi connectivity index (χ3n) is 3.14. The van der Waals surface area contributed by atoms with Crippen LogP contribution in [0, 0.1) is 5.82 Å². The lowest BCUT2D eigenvalue weighted by Gasteiger charge is -1.99. The molecule has 1 N–H and O–H groups in total. The quantitative estimate of drug-likeness (QED) is 0.756. The summed E-state index contributed by atoms with van der Waals surface area (Å²) in [6.45, 7) is 3.14. The standard InChI is InChI=1S/C15H16FN5O/c1-2-15-18-9-14(22-15)8-17-7-12-10-21(20-19-12)13-5-3-11(16)4-6-13/h3-6,9-10,17H,2,7-8H2,1H3. The molecule has 3 aromatic rings. The fourth-order valence-electron chi connectivity index (χ4n) is 2.01. The van der Waals surface area contributed by atoms with Gasteiger partial charge in [0.2, 0.25) is 0 Å². The maximum absolute atomic E-state index is 12.9. The number of nitrogens with zero attached hydrogens (tertiary/aromatic N) is 4. The number of hydrogen-bond donors (Lipinski definition) is 1. The highest BCUT2D eigenvalue weighted by molar-refractivity contribution is 5.30. The zero-order valence-electron chi connectivity index (χ0n) is 12.2. The molecule has 6 nitrogen and oxygen atoms in total. The third-order valence-corrected chi connectivity index (χ3v) is 3.14. The van der Waals surface area contributed by atoms with Crippen LogP contribution >= 0.6 is 0 Å². The van der Waals surface area contributed by atoms with Gasteiger partial charge in [-0.3, -0.25) is 0 Å². The van der Waals surface area contributed by atoms with Crippen molar-refractivity contribution in [2.45, 2.75) is 26.4 Å². The molecule has 0 fully saturated rings. The Bertz CT molecular complexity index is 734. The normalized spacial score (nSPS) is 11.0. The Labute approximate surface area is 127 Å². The van der Waals surface area contributed by atoms with Crippen molar-refractivity contribution in [3.05, 3.63) is 59.8 Å². The van der Waals surface area contributed by atoms with E-state index >= 15 is 0 Å². The molecule has 0 amide bonds. The van der Waals surface area contributed by atoms with Gasteiger partial charge >= 0.3 is 0 Å². The van der Waals surface area contributed by atoms with Gasteiger partial charge in [-0.25, -0.2) is 14.1 Å². The van der Waals surface area contributed by atoms with Gasteiger partial charge in [-0.15, -0.1) is 5.10 Å². The van der Waals surface area contributed by atoms with Crippen molar-refractivity contribution in [1.29, 1.82) is 0 Å². The van der Waals surface area contributed by atoms with E-state index in [1.54, 1.807) is 29.2 Å². The zero-order valence-corrected chi connectivity index (χ0v) is 12.2. The van der Waals surface area contributed by atoms with E-state index in [9.17, 15) is 4.39 Å². The summed E-state index contributed by atoms with van der Waals surface area (Å²) in [6.07, 6.45) is 4.31. The predicted molar refractivity (Wildman–Crippen MR) is 77.7 cm³/mol. The van der Waals surface area contributed by atoms with Gasteiger partial charge < -0.3 is 9.73 Å². The second-order valence-electron chi connectivity index (χ2n) is 4.81. The monoisotopic (exact) mass is 301 g/mol. The van der Waals surface area contributed by atoms with Gasteiger partial charge in [-0.05, 0) is 24.3 Å². The Balaban J connectivity index is 1.56. The average molecular weight is 301 g/mol. The predicted octanol–water partition coefficient (Wildman–Crippen LogP) is 2.25. The first-order valence-electron chi connectivity index (χ1n) is 7.06. The zero-order chi connectivity index (χ0) is 15.4. The van der Waals surface area contributed by atoms with Crippen LogP contribution in [-0.2, 0) is 19.5 Å². The van der Waals surface area contributed by atoms with Gasteiger partial charge in [0, 0.05) is 13.0 Å². The van der Waals surface area contributed by atoms with E-state index in [-0.39, 0.29) is 5.82 Å². The summed E-state index contributed by atoms with van der Waals surface area (Å²) in [7, 11) is 0. The maximum Gasteiger partial charge on any atom is 0.194 e. The van der Waals surface area contributed by atoms with E-state index in [1.165, 1.54) is 12.1 Å². The first-order valence-corrected chi connectivity index (χ1v) is 7.06. The molecule has 0 unspecified atom stereocenters. The number of benzene rings is 1. The Morgan fingerprint density at radius 1 is 1.23 bits per heavy atom. The number of oxazole rings is 1. The number of hydrogen-bond acceptors (Lipinski definition) is 5. The topological polar surface area (TPSA) is 68.8 Å². The highest BCUT2D eigenvalue weighted by Crippen LogP contribution is 2.08. The van der Waals surface area contributed by atoms with Crippen LogP contribution in [0.4, 0.5) is 4.39 Å². The van der Waals surface area contributed by atoms with E-state index in [1.807, 2.05) is 6.92 Å². The Hall–Kier alpha value is -2.54. The number of rotatable bonds is 6. The third kappa shape index (κ3) is 3.37. The van der Waals surface area contributed by atoms with Crippen molar-refractivity contribution in [3.8, 4) is 5.69 Å². The molecule has 1 aromatic carbocycles. The van der Waals surface area contributed by atoms with E-state index < -0.39 is 0 Å². The van der Waals surface area contributed by atoms with E-state index in [0.29, 0.717) is 13.1 Å². The van der Waals surface area contributed by atoms with Gasteiger partial charge in [0.1, 0.15) is 11.6 Å². The summed E-state index contributed by atoms with van der Waals surface area (Å²) < 4.78 is 20.0. The van der Waals surface area contributed by atoms with Crippen molar-refractivity contribution >= 4 is 0 Å². The summed E-state index contributed by atoms with van der Waals surface area (Å²) in [5.41, 5.74) is 1.56. The largest absolute Gasteiger partial charge is 0.444 e. The molecule has 0 aliphatic carbocycles. The molecule has 0 spiro atoms. The van der Waals surface area contributed by atoms with Crippen LogP contribution in [0.3, 0.4) is 0 Å². The molecule has 0 radical (unpaired) electrons. The maximum atomic E-state index is 12.9. The molecule has 0 aliphatic heterocycles. The minimum atomic E-state index is -0.274. The van der Waals surface area contributed by atoms with Crippen molar-refractivity contribution in [2.75, 3.05) is 0 Å². The second kappa shape index (κ2) is 6.48. The Morgan fingerprint density at radius 3 is 2.77 bits per heavy atom. The lowest BCUT2D eigenvalue weighted by Crippen LogP contribution is -2.12. The second-order valence-corrected chi connectivity index (χ2v) is 4.81. The molecule has 22 heavy (non-hydrogen) atoms. The van der Waals surface area contributed by atoms with Crippen molar-refractivity contribution in [1.82, 2.24) is 25.3 Å². The number of nitrogens with one attached hydrogen (secondary N) is 1. The molecule has 7 heteroatoms. The van der Waals surface area contributed by atoms with Gasteiger partial charge in [0.25, 0.3) is 0 Å². The molecule has 0 saturated carbocycles. The summed E-state index contributed by atoms with van der Waals surface area (Å²) in [6, 6.07) is 6.10. The number of aromatic nitrogens is 4. The number of halogens is 1. The molecule has 3 rings (SSSR count). The van der Waals surface area contributed by atoms with E-state index in [2.05, 4.69) is 20.6 Å². The van der Waals surface area contributed by atoms with Crippen molar-refractivity contribution in [2.24, 2.45) is 0 Å². The Morgan fingerprint density at radius 2 is 2.05 bits per heavy atom. The van der Waals surface area contributed by atoms with Crippen LogP contribution in [-0.4, -0.2) is 20.0 Å². The molecular formula is C15H16FN5O. The van der Waals surface area contributed by atoms with Gasteiger partial charge in [-0.2, -0.15) is 0 Å². The molecule has 114 valence electrons. The molecule has 0 aliphatic rings. The lowest BCUT2D eigenvalue weighted by molar-refractivity contribution is 0.442. The molecule has 0 saturated heterocycles. The first kappa shape index (κ1) is 14.4. The molecule has 0 atom stereocenters. The highest BCUT2D eigenvalue weighted by Gasteiger charge is 2.05. The average Bonchev–Trinajstić information content (AvgIpc) is 3.17. The lowest BCUT2D eigenvalue weighted by atomic mass is 10.3. The fraction of sp³-hybridized carbons (Fsp3) is 0.267. The SMILES string of the molecule is CCc1ncc(CNCc2cn(-c3ccc(F)cc3)nn2)o1. The van der Waals surface area contributed by atoms with E-state index in [4.69, 9.17) is 4.42 Å². The first-order chi connectivity index (χ1) is 10.7. The van der Waals surface area contributed by atoms with Crippen LogP contribution < -0.4 is 5.32 Å². The minimum Gasteiger partial charge on any atom is -0.444 e. The van der Waals surface area contributed by atoms with Crippen LogP contribution in [0.1, 0.15) is 24.3 Å². The smallest absolute Gasteiger partial charge is 0.194 e.